The lowest BCUT2D eigenvalue weighted by Gasteiger charge is -1.92. The Balaban J connectivity index is 2.43. The van der Waals surface area contributed by atoms with E-state index in [0.29, 0.717) is 10.4 Å². The summed E-state index contributed by atoms with van der Waals surface area (Å²) in [4.78, 5) is 14.9. The highest BCUT2D eigenvalue weighted by molar-refractivity contribution is 9.10. The molecule has 90 valence electrons. The average Bonchev–Trinajstić information content (AvgIpc) is 2.85. The number of halogens is 1. The van der Waals surface area contributed by atoms with Gasteiger partial charge in [-0.1, -0.05) is 0 Å². The predicted molar refractivity (Wildman–Crippen MR) is 59.6 cm³/mol. The third kappa shape index (κ3) is 2.40. The van der Waals surface area contributed by atoms with Crippen molar-refractivity contribution >= 4 is 21.9 Å². The van der Waals surface area contributed by atoms with E-state index >= 15 is 0 Å². The first kappa shape index (κ1) is 11.9. The Hall–Kier alpha value is -1.60. The predicted octanol–water partition coefficient (Wildman–Crippen LogP) is 2.54. The van der Waals surface area contributed by atoms with Gasteiger partial charge in [0.25, 0.3) is 5.89 Å². The van der Waals surface area contributed by atoms with Crippen molar-refractivity contribution in [2.24, 2.45) is 0 Å². The normalized spacial score (nSPS) is 10.7. The van der Waals surface area contributed by atoms with Crippen LogP contribution < -0.4 is 0 Å². The zero-order valence-corrected chi connectivity index (χ0v) is 10.4. The van der Waals surface area contributed by atoms with Crippen molar-refractivity contribution < 1.29 is 23.5 Å². The lowest BCUT2D eigenvalue weighted by Crippen LogP contribution is -2.00. The molecule has 0 aliphatic carbocycles. The molecule has 7 heteroatoms. The van der Waals surface area contributed by atoms with Crippen LogP contribution in [0.4, 0.5) is 0 Å². The second-order valence-corrected chi connectivity index (χ2v) is 3.92. The van der Waals surface area contributed by atoms with Crippen molar-refractivity contribution in [1.29, 1.82) is 0 Å². The number of methoxy groups -OCH3 is 1. The summed E-state index contributed by atoms with van der Waals surface area (Å²) in [6.45, 7) is 0.0625. The van der Waals surface area contributed by atoms with Gasteiger partial charge in [0.05, 0.1) is 6.61 Å². The van der Waals surface area contributed by atoms with Gasteiger partial charge in [0.15, 0.2) is 10.4 Å². The zero-order valence-electron chi connectivity index (χ0n) is 8.77. The molecule has 2 heterocycles. The molecular formula is C10H8BrNO5. The molecule has 0 aromatic carbocycles. The van der Waals surface area contributed by atoms with Crippen molar-refractivity contribution in [1.82, 2.24) is 4.98 Å². The number of oxazole rings is 1. The standard InChI is InChI=1S/C10H8BrNO5/c1-15-4-5-8(10(13)14)17-9(12-5)6-2-3-7(11)16-6/h2-3H,4H2,1H3,(H,13,14). The number of carbonyl (C=O) groups is 1. The summed E-state index contributed by atoms with van der Waals surface area (Å²) in [6.07, 6.45) is 0. The number of nitrogens with zero attached hydrogens (tertiary/aromatic N) is 1. The number of furan rings is 1. The third-order valence-electron chi connectivity index (χ3n) is 1.96. The van der Waals surface area contributed by atoms with Crippen LogP contribution in [0.15, 0.2) is 25.6 Å². The molecule has 0 aliphatic rings. The number of aromatic nitrogens is 1. The van der Waals surface area contributed by atoms with E-state index < -0.39 is 5.97 Å². The molecule has 17 heavy (non-hydrogen) atoms. The van der Waals surface area contributed by atoms with Crippen molar-refractivity contribution in [3.8, 4) is 11.7 Å². The minimum absolute atomic E-state index is 0.0625. The second kappa shape index (κ2) is 4.72. The first-order valence-corrected chi connectivity index (χ1v) is 5.38. The van der Waals surface area contributed by atoms with Gasteiger partial charge in [-0.05, 0) is 28.1 Å². The number of ether oxygens (including phenoxy) is 1. The fourth-order valence-corrected chi connectivity index (χ4v) is 1.59. The molecule has 6 nitrogen and oxygen atoms in total. The van der Waals surface area contributed by atoms with Crippen LogP contribution in [-0.4, -0.2) is 23.2 Å². The molecule has 0 atom stereocenters. The van der Waals surface area contributed by atoms with Gasteiger partial charge >= 0.3 is 5.97 Å². The highest BCUT2D eigenvalue weighted by Gasteiger charge is 2.21. The average molecular weight is 302 g/mol. The maximum Gasteiger partial charge on any atom is 0.373 e. The maximum absolute atomic E-state index is 10.9. The van der Waals surface area contributed by atoms with E-state index in [4.69, 9.17) is 18.7 Å². The van der Waals surface area contributed by atoms with Crippen LogP contribution in [0, 0.1) is 0 Å². The van der Waals surface area contributed by atoms with Crippen LogP contribution in [0.2, 0.25) is 0 Å². The van der Waals surface area contributed by atoms with E-state index in [9.17, 15) is 4.79 Å². The van der Waals surface area contributed by atoms with Crippen molar-refractivity contribution in [3.63, 3.8) is 0 Å². The quantitative estimate of drug-likeness (QED) is 0.934. The van der Waals surface area contributed by atoms with Crippen LogP contribution >= 0.6 is 15.9 Å². The van der Waals surface area contributed by atoms with E-state index in [1.807, 2.05) is 0 Å². The second-order valence-electron chi connectivity index (χ2n) is 3.14. The highest BCUT2D eigenvalue weighted by Crippen LogP contribution is 2.26. The third-order valence-corrected chi connectivity index (χ3v) is 2.38. The van der Waals surface area contributed by atoms with Crippen LogP contribution in [-0.2, 0) is 11.3 Å². The zero-order chi connectivity index (χ0) is 12.4. The van der Waals surface area contributed by atoms with E-state index in [1.165, 1.54) is 7.11 Å². The molecule has 2 rings (SSSR count). The molecule has 0 radical (unpaired) electrons. The molecule has 0 spiro atoms. The summed E-state index contributed by atoms with van der Waals surface area (Å²) in [6, 6.07) is 3.29. The Kier molecular flexibility index (Phi) is 3.30. The number of aromatic carboxylic acids is 1. The van der Waals surface area contributed by atoms with Crippen LogP contribution in [0.25, 0.3) is 11.7 Å². The maximum atomic E-state index is 10.9. The van der Waals surface area contributed by atoms with Gasteiger partial charge in [-0.15, -0.1) is 0 Å². The van der Waals surface area contributed by atoms with Crippen LogP contribution in [0.1, 0.15) is 16.2 Å². The van der Waals surface area contributed by atoms with E-state index in [-0.39, 0.29) is 24.0 Å². The fraction of sp³-hybridized carbons (Fsp3) is 0.200. The topological polar surface area (TPSA) is 85.7 Å². The van der Waals surface area contributed by atoms with E-state index in [2.05, 4.69) is 20.9 Å². The molecule has 0 unspecified atom stereocenters. The summed E-state index contributed by atoms with van der Waals surface area (Å²) in [5, 5.41) is 8.93. The molecule has 2 aromatic heterocycles. The van der Waals surface area contributed by atoms with Gasteiger partial charge < -0.3 is 18.7 Å². The van der Waals surface area contributed by atoms with E-state index in [1.54, 1.807) is 12.1 Å². The minimum Gasteiger partial charge on any atom is -0.475 e. The van der Waals surface area contributed by atoms with E-state index in [0.717, 1.165) is 0 Å². The Morgan fingerprint density at radius 1 is 1.53 bits per heavy atom. The molecule has 2 aromatic rings. The minimum atomic E-state index is -1.19. The van der Waals surface area contributed by atoms with Gasteiger partial charge in [0, 0.05) is 7.11 Å². The van der Waals surface area contributed by atoms with Crippen LogP contribution in [0.5, 0.6) is 0 Å². The fourth-order valence-electron chi connectivity index (χ4n) is 1.29. The van der Waals surface area contributed by atoms with Gasteiger partial charge in [-0.25, -0.2) is 9.78 Å². The largest absolute Gasteiger partial charge is 0.475 e. The number of rotatable bonds is 4. The number of hydrogen-bond acceptors (Lipinski definition) is 5. The van der Waals surface area contributed by atoms with Gasteiger partial charge in [-0.2, -0.15) is 0 Å². The molecule has 0 amide bonds. The molecule has 0 aliphatic heterocycles. The van der Waals surface area contributed by atoms with Gasteiger partial charge in [0.1, 0.15) is 5.69 Å². The Morgan fingerprint density at radius 3 is 2.82 bits per heavy atom. The SMILES string of the molecule is COCc1nc(-c2ccc(Br)o2)oc1C(=O)O. The van der Waals surface area contributed by atoms with Gasteiger partial charge in [-0.3, -0.25) is 0 Å². The lowest BCUT2D eigenvalue weighted by molar-refractivity contribution is 0.0656. The highest BCUT2D eigenvalue weighted by atomic mass is 79.9. The molecule has 0 saturated carbocycles. The number of hydrogen-bond donors (Lipinski definition) is 1. The Labute approximate surface area is 104 Å². The molecule has 0 fully saturated rings. The van der Waals surface area contributed by atoms with Crippen molar-refractivity contribution in [3.05, 3.63) is 28.3 Å². The molecule has 0 bridgehead atoms. The van der Waals surface area contributed by atoms with Crippen molar-refractivity contribution in [2.45, 2.75) is 6.61 Å². The van der Waals surface area contributed by atoms with Crippen LogP contribution in [0.3, 0.4) is 0 Å². The molecular weight excluding hydrogens is 294 g/mol. The van der Waals surface area contributed by atoms with Gasteiger partial charge in [0.2, 0.25) is 5.76 Å². The monoisotopic (exact) mass is 301 g/mol. The number of carboxylic acids is 1. The smallest absolute Gasteiger partial charge is 0.373 e. The summed E-state index contributed by atoms with van der Waals surface area (Å²) in [5.74, 6) is -0.974. The lowest BCUT2D eigenvalue weighted by atomic mass is 10.3. The summed E-state index contributed by atoms with van der Waals surface area (Å²) in [7, 11) is 1.45. The Bertz CT molecular complexity index is 545. The first-order valence-electron chi connectivity index (χ1n) is 4.59. The summed E-state index contributed by atoms with van der Waals surface area (Å²) in [5.41, 5.74) is 0.225. The number of carboxylic acid groups (broad SMARTS) is 1. The summed E-state index contributed by atoms with van der Waals surface area (Å²) >= 11 is 3.14. The van der Waals surface area contributed by atoms with Crippen molar-refractivity contribution in [2.75, 3.05) is 7.11 Å². The molecule has 0 saturated heterocycles. The summed E-state index contributed by atoms with van der Waals surface area (Å²) < 4.78 is 15.7. The Morgan fingerprint density at radius 2 is 2.29 bits per heavy atom. The molecule has 1 N–H and O–H groups in total. The first-order chi connectivity index (χ1) is 8.11.